The summed E-state index contributed by atoms with van der Waals surface area (Å²) in [6.45, 7) is 3.64. The zero-order chi connectivity index (χ0) is 21.8. The summed E-state index contributed by atoms with van der Waals surface area (Å²) in [7, 11) is 3.16. The second-order valence-electron chi connectivity index (χ2n) is 6.61. The highest BCUT2D eigenvalue weighted by molar-refractivity contribution is 5.74. The Labute approximate surface area is 173 Å². The zero-order valence-corrected chi connectivity index (χ0v) is 17.3. The van der Waals surface area contributed by atoms with Gasteiger partial charge in [0, 0.05) is 18.2 Å². The van der Waals surface area contributed by atoms with Crippen LogP contribution in [-0.2, 0) is 11.5 Å². The summed E-state index contributed by atoms with van der Waals surface area (Å²) in [5.41, 5.74) is 1.32. The normalized spacial score (nSPS) is 10.8. The molecule has 0 spiro atoms. The van der Waals surface area contributed by atoms with Gasteiger partial charge in [-0.25, -0.2) is 4.79 Å². The van der Waals surface area contributed by atoms with E-state index in [1.165, 1.54) is 4.57 Å². The van der Waals surface area contributed by atoms with Crippen LogP contribution < -0.4 is 20.7 Å². The lowest BCUT2D eigenvalue weighted by Crippen LogP contribution is -2.41. The van der Waals surface area contributed by atoms with Crippen LogP contribution in [0, 0.1) is 6.92 Å². The molecule has 0 fully saturated rings. The monoisotopic (exact) mass is 412 g/mol. The largest absolute Gasteiger partial charge is 0.497 e. The number of hydrogen-bond donors (Lipinski definition) is 1. The molecule has 0 aliphatic rings. The first-order chi connectivity index (χ1) is 14.4. The molecular formula is C22H24N2O6. The Kier molecular flexibility index (Phi) is 6.27. The molecular weight excluding hydrogens is 388 g/mol. The van der Waals surface area contributed by atoms with Crippen LogP contribution in [-0.4, -0.2) is 35.3 Å². The van der Waals surface area contributed by atoms with Crippen molar-refractivity contribution in [2.24, 2.45) is 0 Å². The zero-order valence-electron chi connectivity index (χ0n) is 17.3. The number of rotatable bonds is 7. The van der Waals surface area contributed by atoms with E-state index in [9.17, 15) is 14.8 Å². The van der Waals surface area contributed by atoms with Crippen molar-refractivity contribution < 1.29 is 19.4 Å². The topological polar surface area (TPSA) is 91.9 Å². The first-order valence-corrected chi connectivity index (χ1v) is 9.38. The third-order valence-electron chi connectivity index (χ3n) is 4.80. The van der Waals surface area contributed by atoms with Crippen LogP contribution in [0.5, 0.6) is 11.5 Å². The van der Waals surface area contributed by atoms with Crippen molar-refractivity contribution in [3.05, 3.63) is 68.9 Å². The van der Waals surface area contributed by atoms with E-state index in [-0.39, 0.29) is 17.0 Å². The molecule has 2 aromatic carbocycles. The van der Waals surface area contributed by atoms with Crippen LogP contribution >= 0.6 is 0 Å². The molecule has 30 heavy (non-hydrogen) atoms. The van der Waals surface area contributed by atoms with E-state index in [0.29, 0.717) is 29.4 Å². The molecule has 158 valence electrons. The molecule has 0 radical (unpaired) electrons. The van der Waals surface area contributed by atoms with Crippen molar-refractivity contribution in [2.45, 2.75) is 20.6 Å². The quantitative estimate of drug-likeness (QED) is 0.600. The van der Waals surface area contributed by atoms with E-state index >= 15 is 0 Å². The highest BCUT2D eigenvalue weighted by atomic mass is 16.5. The Hall–Kier alpha value is -3.52. The molecule has 1 heterocycles. The predicted octanol–water partition coefficient (Wildman–Crippen LogP) is 2.90. The van der Waals surface area contributed by atoms with Crippen molar-refractivity contribution in [1.82, 2.24) is 9.30 Å². The van der Waals surface area contributed by atoms with Gasteiger partial charge in [-0.3, -0.25) is 9.36 Å². The van der Waals surface area contributed by atoms with Gasteiger partial charge < -0.3 is 19.4 Å². The maximum absolute atomic E-state index is 12.5. The van der Waals surface area contributed by atoms with E-state index in [2.05, 4.69) is 0 Å². The van der Waals surface area contributed by atoms with Crippen LogP contribution in [0.4, 0.5) is 0 Å². The molecule has 0 aliphatic heterocycles. The smallest absolute Gasteiger partial charge is 0.366 e. The van der Waals surface area contributed by atoms with Gasteiger partial charge in [-0.1, -0.05) is 22.9 Å². The van der Waals surface area contributed by atoms with Crippen LogP contribution in [0.15, 0.2) is 52.1 Å². The summed E-state index contributed by atoms with van der Waals surface area (Å²) in [6, 6.07) is 12.9. The summed E-state index contributed by atoms with van der Waals surface area (Å²) < 4.78 is 17.4. The molecule has 8 nitrogen and oxygen atoms in total. The minimum absolute atomic E-state index is 0.0937. The second-order valence-corrected chi connectivity index (χ2v) is 6.61. The summed E-state index contributed by atoms with van der Waals surface area (Å²) in [4.78, 5) is 24.9. The third kappa shape index (κ3) is 3.95. The van der Waals surface area contributed by atoms with Gasteiger partial charge in [0.25, 0.3) is 5.56 Å². The minimum Gasteiger partial charge on any atom is -0.497 e. The second kappa shape index (κ2) is 8.87. The molecule has 8 heteroatoms. The maximum atomic E-state index is 12.5. The van der Waals surface area contributed by atoms with Gasteiger partial charge in [-0.15, -0.1) is 0 Å². The average Bonchev–Trinajstić information content (AvgIpc) is 2.78. The molecule has 0 atom stereocenters. The van der Waals surface area contributed by atoms with Gasteiger partial charge >= 0.3 is 5.69 Å². The number of methoxy groups -OCH3 is 2. The standard InChI is InChI=1S/C22H24N2O6/c1-5-30-13-23-20(14(2)21(25)24(27)22(23)26)16-8-6-7-15(9-16)17-10-18(28-3)12-19(11-17)29-4/h6-12,27H,5,13H2,1-4H3. The molecule has 1 aromatic heterocycles. The van der Waals surface area contributed by atoms with Gasteiger partial charge in [-0.05, 0) is 48.7 Å². The van der Waals surface area contributed by atoms with Crippen molar-refractivity contribution in [3.8, 4) is 33.9 Å². The Morgan fingerprint density at radius 3 is 2.17 bits per heavy atom. The summed E-state index contributed by atoms with van der Waals surface area (Å²) in [5, 5.41) is 9.87. The van der Waals surface area contributed by atoms with Crippen molar-refractivity contribution in [2.75, 3.05) is 20.8 Å². The molecule has 0 unspecified atom stereocenters. The number of benzene rings is 2. The third-order valence-corrected chi connectivity index (χ3v) is 4.80. The maximum Gasteiger partial charge on any atom is 0.366 e. The van der Waals surface area contributed by atoms with Gasteiger partial charge in [-0.2, -0.15) is 0 Å². The van der Waals surface area contributed by atoms with Crippen molar-refractivity contribution >= 4 is 0 Å². The SMILES string of the molecule is CCOCn1c(-c2cccc(-c3cc(OC)cc(OC)c3)c2)c(C)c(=O)n(O)c1=O. The fourth-order valence-corrected chi connectivity index (χ4v) is 3.25. The number of aromatic nitrogens is 2. The van der Waals surface area contributed by atoms with E-state index in [0.717, 1.165) is 11.1 Å². The van der Waals surface area contributed by atoms with Crippen LogP contribution in [0.2, 0.25) is 0 Å². The van der Waals surface area contributed by atoms with E-state index < -0.39 is 11.2 Å². The fraction of sp³-hybridized carbons (Fsp3) is 0.273. The van der Waals surface area contributed by atoms with Crippen LogP contribution in [0.3, 0.4) is 0 Å². The summed E-state index contributed by atoms with van der Waals surface area (Å²) >= 11 is 0. The Morgan fingerprint density at radius 2 is 1.57 bits per heavy atom. The highest BCUT2D eigenvalue weighted by Gasteiger charge is 2.18. The lowest BCUT2D eigenvalue weighted by molar-refractivity contribution is 0.0736. The minimum atomic E-state index is -0.859. The van der Waals surface area contributed by atoms with Gasteiger partial charge in [0.2, 0.25) is 0 Å². The first kappa shape index (κ1) is 21.2. The average molecular weight is 412 g/mol. The Balaban J connectivity index is 2.22. The van der Waals surface area contributed by atoms with Crippen molar-refractivity contribution in [1.29, 1.82) is 0 Å². The van der Waals surface area contributed by atoms with E-state index in [4.69, 9.17) is 14.2 Å². The molecule has 0 saturated heterocycles. The molecule has 0 aliphatic carbocycles. The van der Waals surface area contributed by atoms with E-state index in [1.807, 2.05) is 30.3 Å². The molecule has 0 saturated carbocycles. The Bertz CT molecular complexity index is 1160. The molecule has 3 rings (SSSR count). The Morgan fingerprint density at radius 1 is 0.933 bits per heavy atom. The van der Waals surface area contributed by atoms with Gasteiger partial charge in [0.15, 0.2) is 0 Å². The van der Waals surface area contributed by atoms with Crippen LogP contribution in [0.1, 0.15) is 12.5 Å². The molecule has 1 N–H and O–H groups in total. The lowest BCUT2D eigenvalue weighted by atomic mass is 9.99. The van der Waals surface area contributed by atoms with E-state index in [1.54, 1.807) is 40.2 Å². The molecule has 3 aromatic rings. The fourth-order valence-electron chi connectivity index (χ4n) is 3.25. The predicted molar refractivity (Wildman–Crippen MR) is 112 cm³/mol. The number of ether oxygens (including phenoxy) is 3. The highest BCUT2D eigenvalue weighted by Crippen LogP contribution is 2.32. The number of hydrogen-bond acceptors (Lipinski definition) is 6. The van der Waals surface area contributed by atoms with Crippen LogP contribution in [0.25, 0.3) is 22.4 Å². The van der Waals surface area contributed by atoms with Crippen molar-refractivity contribution in [3.63, 3.8) is 0 Å². The molecule has 0 amide bonds. The lowest BCUT2D eigenvalue weighted by Gasteiger charge is -2.17. The van der Waals surface area contributed by atoms with Gasteiger partial charge in [0.1, 0.15) is 18.2 Å². The first-order valence-electron chi connectivity index (χ1n) is 9.38. The summed E-state index contributed by atoms with van der Waals surface area (Å²) in [6.07, 6.45) is 0. The number of nitrogens with zero attached hydrogens (tertiary/aromatic N) is 2. The molecule has 0 bridgehead atoms. The summed E-state index contributed by atoms with van der Waals surface area (Å²) in [5.74, 6) is 1.28. The van der Waals surface area contributed by atoms with Gasteiger partial charge in [0.05, 0.1) is 19.9 Å².